The number of hydrogen-bond donors (Lipinski definition) is 1. The number of piperazine rings is 1. The van der Waals surface area contributed by atoms with Crippen LogP contribution in [0.4, 0.5) is 13.2 Å². The van der Waals surface area contributed by atoms with Crippen molar-refractivity contribution in [1.82, 2.24) is 10.2 Å². The lowest BCUT2D eigenvalue weighted by Crippen LogP contribution is -2.44. The van der Waals surface area contributed by atoms with Crippen molar-refractivity contribution in [3.05, 3.63) is 46.5 Å². The Labute approximate surface area is 149 Å². The van der Waals surface area contributed by atoms with Crippen LogP contribution in [-0.2, 0) is 6.18 Å². The van der Waals surface area contributed by atoms with Crippen molar-refractivity contribution in [3.8, 4) is 0 Å². The van der Waals surface area contributed by atoms with Gasteiger partial charge in [-0.2, -0.15) is 13.2 Å². The van der Waals surface area contributed by atoms with E-state index < -0.39 is 11.7 Å². The molecule has 1 aromatic rings. The molecule has 0 saturated carbocycles. The number of nitrogens with zero attached hydrogens (tertiary/aromatic N) is 1. The fraction of sp³-hybridized carbons (Fsp3) is 0.429. The van der Waals surface area contributed by atoms with Crippen molar-refractivity contribution in [1.29, 1.82) is 0 Å². The van der Waals surface area contributed by atoms with Crippen LogP contribution in [0.25, 0.3) is 0 Å². The fourth-order valence-electron chi connectivity index (χ4n) is 2.38. The van der Waals surface area contributed by atoms with Crippen LogP contribution in [0.2, 0.25) is 0 Å². The second-order valence-corrected chi connectivity index (χ2v) is 5.55. The molecule has 1 fully saturated rings. The first-order valence-corrected chi connectivity index (χ1v) is 7.16. The molecule has 0 bridgehead atoms. The third-order valence-electron chi connectivity index (χ3n) is 3.41. The summed E-state index contributed by atoms with van der Waals surface area (Å²) in [6, 6.07) is 3.54. The van der Waals surface area contributed by atoms with Gasteiger partial charge in [0.2, 0.25) is 0 Å². The number of hydrogen-bond acceptors (Lipinski definition) is 2. The zero-order valence-electron chi connectivity index (χ0n) is 11.7. The Balaban J connectivity index is 0.00000220. The van der Waals surface area contributed by atoms with Gasteiger partial charge in [0.25, 0.3) is 0 Å². The highest BCUT2D eigenvalue weighted by Crippen LogP contribution is 2.35. The lowest BCUT2D eigenvalue weighted by molar-refractivity contribution is -0.137. The van der Waals surface area contributed by atoms with E-state index in [2.05, 4.69) is 32.7 Å². The van der Waals surface area contributed by atoms with E-state index in [1.807, 2.05) is 0 Å². The lowest BCUT2D eigenvalue weighted by atomic mass is 10.0. The van der Waals surface area contributed by atoms with Crippen molar-refractivity contribution in [2.24, 2.45) is 0 Å². The zero-order chi connectivity index (χ0) is 14.8. The highest BCUT2D eigenvalue weighted by atomic mass is 79.9. The van der Waals surface area contributed by atoms with Gasteiger partial charge in [-0.25, -0.2) is 0 Å². The lowest BCUT2D eigenvalue weighted by Gasteiger charge is -2.34. The Bertz CT molecular complexity index is 491. The maximum atomic E-state index is 12.8. The standard InChI is InChI=1S/C14H16BrF3N2.2ClH/c1-2-13(20-7-5-19-6-8-20)11-9-10(14(16,17)18)3-4-12(11)15;;/h2-4,9,13,19H,1,5-8H2;2*1H/t13-;;/m1../s1. The molecule has 1 heterocycles. The van der Waals surface area contributed by atoms with Gasteiger partial charge in [0, 0.05) is 30.7 Å². The molecule has 2 nitrogen and oxygen atoms in total. The third kappa shape index (κ3) is 5.13. The first kappa shape index (κ1) is 21.7. The number of halogens is 6. The molecule has 1 saturated heterocycles. The van der Waals surface area contributed by atoms with E-state index in [9.17, 15) is 13.2 Å². The highest BCUT2D eigenvalue weighted by molar-refractivity contribution is 9.10. The quantitative estimate of drug-likeness (QED) is 0.725. The summed E-state index contributed by atoms with van der Waals surface area (Å²) >= 11 is 3.35. The molecule has 1 aliphatic heterocycles. The van der Waals surface area contributed by atoms with Crippen LogP contribution in [0.1, 0.15) is 17.2 Å². The predicted octanol–water partition coefficient (Wildman–Crippen LogP) is 4.44. The first-order chi connectivity index (χ1) is 9.43. The van der Waals surface area contributed by atoms with Crippen molar-refractivity contribution in [3.63, 3.8) is 0 Å². The van der Waals surface area contributed by atoms with E-state index in [4.69, 9.17) is 0 Å². The van der Waals surface area contributed by atoms with E-state index in [1.165, 1.54) is 12.1 Å². The van der Waals surface area contributed by atoms with Gasteiger partial charge in [0.15, 0.2) is 0 Å². The molecule has 0 aromatic heterocycles. The van der Waals surface area contributed by atoms with Crippen molar-refractivity contribution in [2.45, 2.75) is 12.2 Å². The molecule has 0 aliphatic carbocycles. The smallest absolute Gasteiger partial charge is 0.314 e. The monoisotopic (exact) mass is 420 g/mol. The summed E-state index contributed by atoms with van der Waals surface area (Å²) in [5.41, 5.74) is -0.0191. The Morgan fingerprint density at radius 3 is 2.32 bits per heavy atom. The second kappa shape index (κ2) is 9.13. The minimum absolute atomic E-state index is 0. The Hall–Kier alpha value is -0.270. The number of alkyl halides is 3. The summed E-state index contributed by atoms with van der Waals surface area (Å²) < 4.78 is 39.2. The molecule has 126 valence electrons. The minimum atomic E-state index is -4.33. The van der Waals surface area contributed by atoms with Crippen LogP contribution < -0.4 is 5.32 Å². The number of benzene rings is 1. The van der Waals surface area contributed by atoms with Crippen molar-refractivity contribution < 1.29 is 13.2 Å². The molecule has 8 heteroatoms. The van der Waals surface area contributed by atoms with Crippen LogP contribution in [0.15, 0.2) is 35.3 Å². The predicted molar refractivity (Wildman–Crippen MR) is 91.0 cm³/mol. The molecule has 0 amide bonds. The van der Waals surface area contributed by atoms with E-state index in [1.54, 1.807) is 6.08 Å². The van der Waals surface area contributed by atoms with E-state index in [0.29, 0.717) is 10.0 Å². The van der Waals surface area contributed by atoms with Crippen molar-refractivity contribution >= 4 is 40.7 Å². The minimum Gasteiger partial charge on any atom is -0.314 e. The van der Waals surface area contributed by atoms with Gasteiger partial charge in [0.05, 0.1) is 11.6 Å². The Morgan fingerprint density at radius 2 is 1.82 bits per heavy atom. The fourth-order valence-corrected chi connectivity index (χ4v) is 2.86. The first-order valence-electron chi connectivity index (χ1n) is 6.37. The molecule has 1 N–H and O–H groups in total. The molecular formula is C14H18BrCl2F3N2. The van der Waals surface area contributed by atoms with E-state index >= 15 is 0 Å². The molecule has 1 aliphatic rings. The molecule has 0 unspecified atom stereocenters. The van der Waals surface area contributed by atoms with Gasteiger partial charge in [0.1, 0.15) is 0 Å². The van der Waals surface area contributed by atoms with Gasteiger partial charge < -0.3 is 5.32 Å². The summed E-state index contributed by atoms with van der Waals surface area (Å²) in [6.07, 6.45) is -2.63. The van der Waals surface area contributed by atoms with E-state index in [0.717, 1.165) is 32.2 Å². The SMILES string of the molecule is C=C[C@H](c1cc(C(F)(F)F)ccc1Br)N1CCNCC1.Cl.Cl. The average Bonchev–Trinajstić information content (AvgIpc) is 2.41. The van der Waals surface area contributed by atoms with Gasteiger partial charge in [-0.05, 0) is 23.8 Å². The molecule has 0 spiro atoms. The average molecular weight is 422 g/mol. The molecule has 0 radical (unpaired) electrons. The van der Waals surface area contributed by atoms with Gasteiger partial charge in [-0.15, -0.1) is 31.4 Å². The van der Waals surface area contributed by atoms with Crippen LogP contribution in [-0.4, -0.2) is 31.1 Å². The summed E-state index contributed by atoms with van der Waals surface area (Å²) in [5, 5.41) is 3.23. The highest BCUT2D eigenvalue weighted by Gasteiger charge is 2.32. The second-order valence-electron chi connectivity index (χ2n) is 4.70. The maximum Gasteiger partial charge on any atom is 0.416 e. The Morgan fingerprint density at radius 1 is 1.23 bits per heavy atom. The van der Waals surface area contributed by atoms with Crippen molar-refractivity contribution in [2.75, 3.05) is 26.2 Å². The molecule has 2 rings (SSSR count). The van der Waals surface area contributed by atoms with Crippen LogP contribution >= 0.6 is 40.7 Å². The van der Waals surface area contributed by atoms with Gasteiger partial charge >= 0.3 is 6.18 Å². The summed E-state index contributed by atoms with van der Waals surface area (Å²) in [6.45, 7) is 7.03. The van der Waals surface area contributed by atoms with Gasteiger partial charge in [-0.3, -0.25) is 4.90 Å². The number of rotatable bonds is 3. The summed E-state index contributed by atoms with van der Waals surface area (Å²) in [7, 11) is 0. The van der Waals surface area contributed by atoms with Gasteiger partial charge in [-0.1, -0.05) is 22.0 Å². The van der Waals surface area contributed by atoms with Crippen LogP contribution in [0.5, 0.6) is 0 Å². The normalized spacial score (nSPS) is 17.1. The maximum absolute atomic E-state index is 12.8. The summed E-state index contributed by atoms with van der Waals surface area (Å²) in [4.78, 5) is 2.13. The molecule has 1 aromatic carbocycles. The Kier molecular flexibility index (Phi) is 9.02. The van der Waals surface area contributed by atoms with Crippen LogP contribution in [0, 0.1) is 0 Å². The molecular weight excluding hydrogens is 404 g/mol. The zero-order valence-corrected chi connectivity index (χ0v) is 14.9. The van der Waals surface area contributed by atoms with Crippen LogP contribution in [0.3, 0.4) is 0 Å². The number of nitrogens with one attached hydrogen (secondary N) is 1. The topological polar surface area (TPSA) is 15.3 Å². The molecule has 22 heavy (non-hydrogen) atoms. The molecule has 1 atom stereocenters. The summed E-state index contributed by atoms with van der Waals surface area (Å²) in [5.74, 6) is 0. The third-order valence-corrected chi connectivity index (χ3v) is 4.13. The largest absolute Gasteiger partial charge is 0.416 e. The van der Waals surface area contributed by atoms with E-state index in [-0.39, 0.29) is 30.9 Å².